The summed E-state index contributed by atoms with van der Waals surface area (Å²) in [4.78, 5) is -0.171. The third kappa shape index (κ3) is 3.86. The molecule has 0 aromatic heterocycles. The summed E-state index contributed by atoms with van der Waals surface area (Å²) in [6.45, 7) is 0. The van der Waals surface area contributed by atoms with Gasteiger partial charge in [0.05, 0.1) is 0 Å². The van der Waals surface area contributed by atoms with Crippen LogP contribution < -0.4 is 0 Å². The molecule has 3 nitrogen and oxygen atoms in total. The van der Waals surface area contributed by atoms with E-state index >= 15 is 0 Å². The van der Waals surface area contributed by atoms with Crippen LogP contribution in [0.15, 0.2) is 30.4 Å². The van der Waals surface area contributed by atoms with E-state index in [2.05, 4.69) is 47.8 Å². The number of halogens is 3. The van der Waals surface area contributed by atoms with Crippen LogP contribution >= 0.6 is 47.8 Å². The van der Waals surface area contributed by atoms with Crippen LogP contribution in [0, 0.1) is 0 Å². The average molecular weight is 418 g/mol. The maximum Gasteiger partial charge on any atom is 0.296 e. The molecule has 1 rings (SSSR count). The molecule has 1 aromatic carbocycles. The van der Waals surface area contributed by atoms with Crippen molar-refractivity contribution in [3.63, 3.8) is 0 Å². The van der Waals surface area contributed by atoms with Gasteiger partial charge in [-0.1, -0.05) is 15.9 Å². The predicted molar refractivity (Wildman–Crippen MR) is 65.1 cm³/mol. The Morgan fingerprint density at radius 3 is 1.71 bits per heavy atom. The molecule has 0 fully saturated rings. The fraction of sp³-hybridized carbons (Fsp3) is 0. The topological polar surface area (TPSA) is 54.4 Å². The van der Waals surface area contributed by atoms with E-state index in [0.717, 1.165) is 0 Å². The van der Waals surface area contributed by atoms with Crippen LogP contribution in [0.3, 0.4) is 0 Å². The van der Waals surface area contributed by atoms with Gasteiger partial charge in [0.1, 0.15) is 4.90 Å². The molecule has 0 saturated heterocycles. The molecule has 0 spiro atoms. The van der Waals surface area contributed by atoms with E-state index in [1.807, 2.05) is 0 Å². The SMILES string of the molecule is O=S(=O)(O)c1c(Br)cc(Br)cc1Br.[Na]. The Morgan fingerprint density at radius 1 is 1.07 bits per heavy atom. The van der Waals surface area contributed by atoms with Crippen molar-refractivity contribution in [1.29, 1.82) is 0 Å². The molecular formula is C6H3Br3NaO3S. The molecule has 1 N–H and O–H groups in total. The quantitative estimate of drug-likeness (QED) is 0.564. The second-order valence-electron chi connectivity index (χ2n) is 2.17. The molecule has 0 amide bonds. The van der Waals surface area contributed by atoms with Gasteiger partial charge in [-0.25, -0.2) is 0 Å². The standard InChI is InChI=1S/C6H3Br3O3S.Na/c7-3-1-4(8)6(5(9)2-3)13(10,11)12;/h1-2H,(H,10,11,12);. The summed E-state index contributed by atoms with van der Waals surface area (Å²) < 4.78 is 31.9. The number of benzene rings is 1. The molecule has 0 aliphatic rings. The van der Waals surface area contributed by atoms with Gasteiger partial charge in [-0.15, -0.1) is 0 Å². The first-order valence-electron chi connectivity index (χ1n) is 2.94. The van der Waals surface area contributed by atoms with Gasteiger partial charge in [0, 0.05) is 43.0 Å². The largest absolute Gasteiger partial charge is 0.296 e. The van der Waals surface area contributed by atoms with Gasteiger partial charge in [0.2, 0.25) is 0 Å². The van der Waals surface area contributed by atoms with E-state index in [-0.39, 0.29) is 34.5 Å². The Hall–Kier alpha value is 1.57. The van der Waals surface area contributed by atoms with Crippen molar-refractivity contribution >= 4 is 87.5 Å². The van der Waals surface area contributed by atoms with Gasteiger partial charge in [-0.2, -0.15) is 8.42 Å². The maximum absolute atomic E-state index is 10.9. The van der Waals surface area contributed by atoms with E-state index in [1.165, 1.54) is 12.1 Å². The summed E-state index contributed by atoms with van der Waals surface area (Å²) >= 11 is 9.25. The first-order chi connectivity index (χ1) is 5.82. The number of hydrogen-bond acceptors (Lipinski definition) is 2. The van der Waals surface area contributed by atoms with E-state index in [9.17, 15) is 8.42 Å². The van der Waals surface area contributed by atoms with E-state index in [4.69, 9.17) is 4.55 Å². The zero-order valence-corrected chi connectivity index (χ0v) is 14.5. The normalized spacial score (nSPS) is 10.9. The first kappa shape index (κ1) is 15.6. The Kier molecular flexibility index (Phi) is 6.41. The summed E-state index contributed by atoms with van der Waals surface area (Å²) in [7, 11) is -4.20. The van der Waals surface area contributed by atoms with Gasteiger partial charge >= 0.3 is 0 Å². The Labute approximate surface area is 129 Å². The van der Waals surface area contributed by atoms with Crippen LogP contribution in [-0.4, -0.2) is 42.5 Å². The summed E-state index contributed by atoms with van der Waals surface area (Å²) in [5, 5.41) is 0. The molecule has 14 heavy (non-hydrogen) atoms. The average Bonchev–Trinajstić information content (AvgIpc) is 1.78. The van der Waals surface area contributed by atoms with Crippen LogP contribution in [0.2, 0.25) is 0 Å². The molecule has 1 aromatic rings. The molecule has 1 radical (unpaired) electrons. The minimum atomic E-state index is -4.20. The first-order valence-corrected chi connectivity index (χ1v) is 6.76. The van der Waals surface area contributed by atoms with Gasteiger partial charge < -0.3 is 0 Å². The summed E-state index contributed by atoms with van der Waals surface area (Å²) in [6, 6.07) is 3.07. The van der Waals surface area contributed by atoms with Gasteiger partial charge in [0.25, 0.3) is 10.1 Å². The minimum absolute atomic E-state index is 0. The Morgan fingerprint density at radius 2 is 1.43 bits per heavy atom. The smallest absolute Gasteiger partial charge is 0.282 e. The molecule has 0 aliphatic heterocycles. The number of hydrogen-bond donors (Lipinski definition) is 1. The van der Waals surface area contributed by atoms with Crippen molar-refractivity contribution in [2.24, 2.45) is 0 Å². The van der Waals surface area contributed by atoms with Crippen molar-refractivity contribution in [2.75, 3.05) is 0 Å². The van der Waals surface area contributed by atoms with Crippen LogP contribution in [0.5, 0.6) is 0 Å². The second-order valence-corrected chi connectivity index (χ2v) is 6.16. The predicted octanol–water partition coefficient (Wildman–Crippen LogP) is 2.84. The van der Waals surface area contributed by atoms with Crippen molar-refractivity contribution in [1.82, 2.24) is 0 Å². The van der Waals surface area contributed by atoms with Crippen molar-refractivity contribution < 1.29 is 13.0 Å². The Bertz CT molecular complexity index is 423. The summed E-state index contributed by atoms with van der Waals surface area (Å²) in [6.07, 6.45) is 0. The maximum atomic E-state index is 10.9. The molecular weight excluding hydrogens is 415 g/mol. The summed E-state index contributed by atoms with van der Waals surface area (Å²) in [5.41, 5.74) is 0. The van der Waals surface area contributed by atoms with Crippen molar-refractivity contribution in [2.45, 2.75) is 4.90 Å². The second kappa shape index (κ2) is 5.77. The van der Waals surface area contributed by atoms with Crippen molar-refractivity contribution in [3.05, 3.63) is 25.6 Å². The van der Waals surface area contributed by atoms with Gasteiger partial charge in [-0.05, 0) is 44.0 Å². The van der Waals surface area contributed by atoms with Gasteiger partial charge in [0.15, 0.2) is 0 Å². The van der Waals surface area contributed by atoms with E-state index < -0.39 is 10.1 Å². The zero-order valence-electron chi connectivity index (χ0n) is 6.96. The van der Waals surface area contributed by atoms with Crippen LogP contribution in [0.1, 0.15) is 0 Å². The van der Waals surface area contributed by atoms with Gasteiger partial charge in [-0.3, -0.25) is 4.55 Å². The monoisotopic (exact) mass is 415 g/mol. The van der Waals surface area contributed by atoms with E-state index in [1.54, 1.807) is 0 Å². The zero-order chi connectivity index (χ0) is 10.2. The van der Waals surface area contributed by atoms with Crippen LogP contribution in [0.25, 0.3) is 0 Å². The summed E-state index contributed by atoms with van der Waals surface area (Å²) in [5.74, 6) is 0. The fourth-order valence-corrected chi connectivity index (χ4v) is 4.87. The Balaban J connectivity index is 0.00000169. The van der Waals surface area contributed by atoms with Crippen molar-refractivity contribution in [3.8, 4) is 0 Å². The van der Waals surface area contributed by atoms with E-state index in [0.29, 0.717) is 13.4 Å². The van der Waals surface area contributed by atoms with Crippen LogP contribution in [0.4, 0.5) is 0 Å². The molecule has 0 saturated carbocycles. The number of rotatable bonds is 1. The fourth-order valence-electron chi connectivity index (χ4n) is 0.775. The molecule has 0 aliphatic carbocycles. The molecule has 0 atom stereocenters. The van der Waals surface area contributed by atoms with Crippen LogP contribution in [-0.2, 0) is 10.1 Å². The molecule has 0 heterocycles. The third-order valence-electron chi connectivity index (χ3n) is 1.22. The minimum Gasteiger partial charge on any atom is -0.282 e. The molecule has 0 unspecified atom stereocenters. The third-order valence-corrected chi connectivity index (χ3v) is 4.41. The molecule has 0 bridgehead atoms. The molecule has 73 valence electrons. The molecule has 8 heteroatoms.